The number of benzene rings is 2. The number of halogens is 3. The van der Waals surface area contributed by atoms with Gasteiger partial charge in [-0.25, -0.2) is 13.2 Å². The SMILES string of the molecule is COC1CN(CCc2cn(C(CC(C)C)C(=O)N[C@@H](CC(=O)O)c3cc(-c4c(C)cc(F)cc4C)cc(C)c3F)c(=O)c(F)c2C)C1. The monoisotopic (exact) mass is 655 g/mol. The fourth-order valence-corrected chi connectivity index (χ4v) is 6.39. The van der Waals surface area contributed by atoms with Gasteiger partial charge in [-0.15, -0.1) is 0 Å². The molecule has 8 nitrogen and oxygen atoms in total. The van der Waals surface area contributed by atoms with E-state index in [4.69, 9.17) is 4.74 Å². The third-order valence-corrected chi connectivity index (χ3v) is 8.96. The number of carbonyl (C=O) groups excluding carboxylic acids is 1. The first-order valence-electron chi connectivity index (χ1n) is 15.9. The molecule has 1 aliphatic heterocycles. The highest BCUT2D eigenvalue weighted by atomic mass is 19.1. The van der Waals surface area contributed by atoms with Crippen LogP contribution in [0, 0.1) is 51.1 Å². The highest BCUT2D eigenvalue weighted by molar-refractivity contribution is 5.82. The maximum Gasteiger partial charge on any atom is 0.305 e. The number of aryl methyl sites for hydroxylation is 3. The predicted octanol–water partition coefficient (Wildman–Crippen LogP) is 5.96. The van der Waals surface area contributed by atoms with E-state index in [1.807, 2.05) is 13.8 Å². The van der Waals surface area contributed by atoms with Crippen LogP contribution in [0.2, 0.25) is 0 Å². The van der Waals surface area contributed by atoms with Gasteiger partial charge >= 0.3 is 5.97 Å². The van der Waals surface area contributed by atoms with Crippen molar-refractivity contribution in [3.05, 3.63) is 91.6 Å². The molecule has 11 heteroatoms. The number of pyridine rings is 1. The van der Waals surface area contributed by atoms with Crippen LogP contribution in [-0.4, -0.2) is 59.3 Å². The molecule has 2 heterocycles. The molecule has 1 aliphatic rings. The van der Waals surface area contributed by atoms with E-state index in [0.29, 0.717) is 40.8 Å². The van der Waals surface area contributed by atoms with Crippen molar-refractivity contribution in [2.24, 2.45) is 5.92 Å². The number of ether oxygens (including phenoxy) is 1. The van der Waals surface area contributed by atoms with Gasteiger partial charge in [0.05, 0.1) is 18.6 Å². The van der Waals surface area contributed by atoms with Crippen molar-refractivity contribution in [2.45, 2.75) is 79.0 Å². The highest BCUT2D eigenvalue weighted by Gasteiger charge is 2.31. The quantitative estimate of drug-likeness (QED) is 0.236. The fraction of sp³-hybridized carbons (Fsp3) is 0.472. The van der Waals surface area contributed by atoms with Crippen molar-refractivity contribution in [2.75, 3.05) is 26.7 Å². The predicted molar refractivity (Wildman–Crippen MR) is 174 cm³/mol. The van der Waals surface area contributed by atoms with E-state index in [-0.39, 0.29) is 35.1 Å². The van der Waals surface area contributed by atoms with Gasteiger partial charge in [-0.1, -0.05) is 13.8 Å². The van der Waals surface area contributed by atoms with Gasteiger partial charge in [0.2, 0.25) is 5.91 Å². The van der Waals surface area contributed by atoms with Gasteiger partial charge in [-0.2, -0.15) is 0 Å². The number of hydrogen-bond acceptors (Lipinski definition) is 5. The molecule has 1 unspecified atom stereocenters. The molecule has 0 radical (unpaired) electrons. The Bertz CT molecular complexity index is 1690. The summed E-state index contributed by atoms with van der Waals surface area (Å²) in [7, 11) is 1.65. The number of carboxylic acids is 1. The number of nitrogens with zero attached hydrogens (tertiary/aromatic N) is 2. The van der Waals surface area contributed by atoms with Crippen LogP contribution in [0.25, 0.3) is 11.1 Å². The van der Waals surface area contributed by atoms with Crippen LogP contribution < -0.4 is 10.9 Å². The zero-order valence-corrected chi connectivity index (χ0v) is 28.0. The van der Waals surface area contributed by atoms with Crippen molar-refractivity contribution in [1.82, 2.24) is 14.8 Å². The molecule has 3 aromatic rings. The van der Waals surface area contributed by atoms with Gasteiger partial charge in [0.25, 0.3) is 5.56 Å². The summed E-state index contributed by atoms with van der Waals surface area (Å²) in [6.07, 6.45) is 1.60. The molecule has 47 heavy (non-hydrogen) atoms. The molecule has 1 aromatic heterocycles. The van der Waals surface area contributed by atoms with Gasteiger partial charge in [0, 0.05) is 38.5 Å². The van der Waals surface area contributed by atoms with E-state index in [1.165, 1.54) is 38.2 Å². The van der Waals surface area contributed by atoms with Crippen molar-refractivity contribution >= 4 is 11.9 Å². The molecular weight excluding hydrogens is 611 g/mol. The van der Waals surface area contributed by atoms with Crippen LogP contribution in [0.4, 0.5) is 13.2 Å². The summed E-state index contributed by atoms with van der Waals surface area (Å²) in [6, 6.07) is 3.28. The standard InChI is InChI=1S/C36H44F3N3O5/c1-19(2)10-30(42-16-24(23(6)34(39)36(42)46)8-9-41-17-27(18-41)47-7)35(45)40-29(15-31(43)44)28-14-25(11-22(5)33(28)38)32-20(3)12-26(37)13-21(32)4/h11-14,16,19,27,29-30H,8-10,15,17-18H2,1-7H3,(H,40,45)(H,43,44)/t29-,30?/m0/s1. The number of aromatic nitrogens is 1. The van der Waals surface area contributed by atoms with Gasteiger partial charge in [-0.05, 0) is 110 Å². The van der Waals surface area contributed by atoms with E-state index in [0.717, 1.165) is 17.7 Å². The minimum atomic E-state index is -1.32. The molecule has 2 N–H and O–H groups in total. The third kappa shape index (κ3) is 8.13. The summed E-state index contributed by atoms with van der Waals surface area (Å²) >= 11 is 0. The first-order valence-corrected chi connectivity index (χ1v) is 15.9. The second-order valence-corrected chi connectivity index (χ2v) is 13.1. The summed E-state index contributed by atoms with van der Waals surface area (Å²) in [5.41, 5.74) is 2.40. The number of hydrogen-bond donors (Lipinski definition) is 2. The number of methoxy groups -OCH3 is 1. The molecule has 0 aliphatic carbocycles. The maximum absolute atomic E-state index is 15.8. The Labute approximate surface area is 273 Å². The van der Waals surface area contributed by atoms with Crippen LogP contribution in [0.5, 0.6) is 0 Å². The minimum Gasteiger partial charge on any atom is -0.481 e. The Morgan fingerprint density at radius 3 is 2.21 bits per heavy atom. The van der Waals surface area contributed by atoms with Crippen LogP contribution in [-0.2, 0) is 20.7 Å². The maximum atomic E-state index is 15.8. The molecule has 1 fully saturated rings. The average molecular weight is 656 g/mol. The van der Waals surface area contributed by atoms with E-state index in [1.54, 1.807) is 27.0 Å². The Balaban J connectivity index is 1.73. The van der Waals surface area contributed by atoms with E-state index in [2.05, 4.69) is 10.2 Å². The smallest absolute Gasteiger partial charge is 0.305 e. The molecule has 1 amide bonds. The largest absolute Gasteiger partial charge is 0.481 e. The third-order valence-electron chi connectivity index (χ3n) is 8.96. The lowest BCUT2D eigenvalue weighted by atomic mass is 9.90. The first kappa shape index (κ1) is 35.9. The van der Waals surface area contributed by atoms with Gasteiger partial charge in [0.1, 0.15) is 17.7 Å². The highest BCUT2D eigenvalue weighted by Crippen LogP contribution is 2.34. The topological polar surface area (TPSA) is 101 Å². The Hall–Kier alpha value is -3.96. The van der Waals surface area contributed by atoms with Crippen LogP contribution in [0.1, 0.15) is 72.2 Å². The Morgan fingerprint density at radius 1 is 1.00 bits per heavy atom. The lowest BCUT2D eigenvalue weighted by Crippen LogP contribution is -2.52. The summed E-state index contributed by atoms with van der Waals surface area (Å²) in [5.74, 6) is -4.19. The van der Waals surface area contributed by atoms with Crippen molar-refractivity contribution < 1.29 is 32.6 Å². The zero-order valence-electron chi connectivity index (χ0n) is 28.0. The van der Waals surface area contributed by atoms with E-state index in [9.17, 15) is 23.9 Å². The molecule has 0 bridgehead atoms. The molecule has 2 aromatic carbocycles. The van der Waals surface area contributed by atoms with Crippen molar-refractivity contribution in [1.29, 1.82) is 0 Å². The number of carbonyl (C=O) groups is 2. The molecule has 254 valence electrons. The second kappa shape index (κ2) is 14.9. The van der Waals surface area contributed by atoms with Gasteiger partial charge < -0.3 is 19.7 Å². The minimum absolute atomic E-state index is 0.0609. The van der Waals surface area contributed by atoms with Gasteiger partial charge in [-0.3, -0.25) is 19.3 Å². The second-order valence-electron chi connectivity index (χ2n) is 13.1. The number of rotatable bonds is 13. The van der Waals surface area contributed by atoms with Crippen LogP contribution >= 0.6 is 0 Å². The fourth-order valence-electron chi connectivity index (χ4n) is 6.39. The summed E-state index contributed by atoms with van der Waals surface area (Å²) < 4.78 is 51.6. The van der Waals surface area contributed by atoms with Crippen molar-refractivity contribution in [3.8, 4) is 11.1 Å². The Morgan fingerprint density at radius 2 is 1.64 bits per heavy atom. The zero-order chi connectivity index (χ0) is 34.7. The summed E-state index contributed by atoms with van der Waals surface area (Å²) in [5, 5.41) is 12.5. The van der Waals surface area contributed by atoms with E-state index < -0.39 is 53.4 Å². The average Bonchev–Trinajstić information content (AvgIpc) is 2.95. The first-order chi connectivity index (χ1) is 22.1. The lowest BCUT2D eigenvalue weighted by Gasteiger charge is -2.38. The van der Waals surface area contributed by atoms with Crippen LogP contribution in [0.15, 0.2) is 35.3 Å². The normalized spacial score (nSPS) is 15.0. The molecule has 0 spiro atoms. The number of likely N-dealkylation sites (tertiary alicyclic amines) is 1. The van der Waals surface area contributed by atoms with E-state index >= 15 is 8.78 Å². The number of aliphatic carboxylic acids is 1. The Kier molecular flexibility index (Phi) is 11.3. The molecular formula is C36H44F3N3O5. The van der Waals surface area contributed by atoms with Crippen molar-refractivity contribution in [3.63, 3.8) is 0 Å². The number of nitrogens with one attached hydrogen (secondary N) is 1. The molecule has 2 atom stereocenters. The molecule has 4 rings (SSSR count). The van der Waals surface area contributed by atoms with Gasteiger partial charge in [0.15, 0.2) is 5.82 Å². The molecule has 1 saturated heterocycles. The number of carboxylic acid groups (broad SMARTS) is 1. The summed E-state index contributed by atoms with van der Waals surface area (Å²) in [6.45, 7) is 12.3. The lowest BCUT2D eigenvalue weighted by molar-refractivity contribution is -0.138. The molecule has 0 saturated carbocycles. The number of amides is 1. The summed E-state index contributed by atoms with van der Waals surface area (Å²) in [4.78, 5) is 41.5. The van der Waals surface area contributed by atoms with Crippen LogP contribution in [0.3, 0.4) is 0 Å².